The van der Waals surface area contributed by atoms with Gasteiger partial charge in [-0.05, 0) is 12.1 Å². The standard InChI is InChI=1S/C13H13NO2/c15-13(11-7-3-1-4-8-11)14(16)12-9-5-2-6-10-12/h1-10,13,15-16H. The second-order valence-electron chi connectivity index (χ2n) is 3.46. The maximum Gasteiger partial charge on any atom is 0.177 e. The van der Waals surface area contributed by atoms with Gasteiger partial charge in [-0.1, -0.05) is 48.5 Å². The van der Waals surface area contributed by atoms with Crippen LogP contribution in [-0.4, -0.2) is 10.3 Å². The van der Waals surface area contributed by atoms with E-state index in [2.05, 4.69) is 0 Å². The molecule has 0 radical (unpaired) electrons. The second kappa shape index (κ2) is 4.79. The number of hydrogen-bond donors (Lipinski definition) is 2. The first-order valence-corrected chi connectivity index (χ1v) is 5.05. The Morgan fingerprint density at radius 3 is 1.88 bits per heavy atom. The van der Waals surface area contributed by atoms with Gasteiger partial charge < -0.3 is 5.11 Å². The van der Waals surface area contributed by atoms with Crippen molar-refractivity contribution >= 4 is 5.69 Å². The van der Waals surface area contributed by atoms with Crippen LogP contribution in [0.5, 0.6) is 0 Å². The molecule has 16 heavy (non-hydrogen) atoms. The Morgan fingerprint density at radius 2 is 1.31 bits per heavy atom. The van der Waals surface area contributed by atoms with Crippen molar-refractivity contribution in [3.63, 3.8) is 0 Å². The van der Waals surface area contributed by atoms with Crippen LogP contribution in [0.4, 0.5) is 5.69 Å². The first kappa shape index (κ1) is 10.7. The fourth-order valence-electron chi connectivity index (χ4n) is 1.49. The van der Waals surface area contributed by atoms with E-state index < -0.39 is 6.23 Å². The number of rotatable bonds is 3. The summed E-state index contributed by atoms with van der Waals surface area (Å²) in [6.07, 6.45) is -1.05. The summed E-state index contributed by atoms with van der Waals surface area (Å²) in [4.78, 5) is 0. The average Bonchev–Trinajstić information content (AvgIpc) is 2.39. The highest BCUT2D eigenvalue weighted by Crippen LogP contribution is 2.22. The predicted octanol–water partition coefficient (Wildman–Crippen LogP) is 2.57. The van der Waals surface area contributed by atoms with Gasteiger partial charge in [0.15, 0.2) is 6.23 Å². The summed E-state index contributed by atoms with van der Waals surface area (Å²) in [5.74, 6) is 0. The van der Waals surface area contributed by atoms with Crippen LogP contribution >= 0.6 is 0 Å². The Labute approximate surface area is 94.2 Å². The Morgan fingerprint density at radius 1 is 0.812 bits per heavy atom. The Kier molecular flexibility index (Phi) is 3.19. The van der Waals surface area contributed by atoms with Crippen LogP contribution in [0.25, 0.3) is 0 Å². The molecule has 0 bridgehead atoms. The minimum atomic E-state index is -1.05. The zero-order valence-corrected chi connectivity index (χ0v) is 8.69. The molecule has 1 atom stereocenters. The molecule has 2 aromatic carbocycles. The third-order valence-corrected chi connectivity index (χ3v) is 2.35. The van der Waals surface area contributed by atoms with Crippen LogP contribution in [0.3, 0.4) is 0 Å². The molecule has 0 saturated heterocycles. The molecule has 0 saturated carbocycles. The van der Waals surface area contributed by atoms with Crippen molar-refractivity contribution in [1.29, 1.82) is 0 Å². The maximum absolute atomic E-state index is 9.92. The molecule has 0 amide bonds. The molecule has 0 fully saturated rings. The first-order chi connectivity index (χ1) is 7.79. The minimum absolute atomic E-state index is 0.554. The van der Waals surface area contributed by atoms with Gasteiger partial charge in [0.1, 0.15) is 0 Å². The molecule has 2 aromatic rings. The van der Waals surface area contributed by atoms with Gasteiger partial charge in [0, 0.05) is 5.56 Å². The van der Waals surface area contributed by atoms with Gasteiger partial charge >= 0.3 is 0 Å². The topological polar surface area (TPSA) is 43.7 Å². The quantitative estimate of drug-likeness (QED) is 0.611. The van der Waals surface area contributed by atoms with E-state index in [9.17, 15) is 10.3 Å². The molecule has 2 rings (SSSR count). The van der Waals surface area contributed by atoms with E-state index in [4.69, 9.17) is 0 Å². The largest absolute Gasteiger partial charge is 0.367 e. The summed E-state index contributed by atoms with van der Waals surface area (Å²) >= 11 is 0. The molecular weight excluding hydrogens is 202 g/mol. The van der Waals surface area contributed by atoms with Crippen molar-refractivity contribution < 1.29 is 10.3 Å². The van der Waals surface area contributed by atoms with Crippen LogP contribution < -0.4 is 5.06 Å². The van der Waals surface area contributed by atoms with Gasteiger partial charge in [-0.15, -0.1) is 0 Å². The van der Waals surface area contributed by atoms with Crippen molar-refractivity contribution in [1.82, 2.24) is 0 Å². The van der Waals surface area contributed by atoms with Gasteiger partial charge in [0.25, 0.3) is 0 Å². The third kappa shape index (κ3) is 2.21. The van der Waals surface area contributed by atoms with E-state index in [1.165, 1.54) is 0 Å². The van der Waals surface area contributed by atoms with Gasteiger partial charge in [-0.2, -0.15) is 0 Å². The van der Waals surface area contributed by atoms with Gasteiger partial charge in [-0.3, -0.25) is 5.21 Å². The SMILES string of the molecule is OC(c1ccccc1)N(O)c1ccccc1. The number of hydrogen-bond acceptors (Lipinski definition) is 3. The van der Waals surface area contributed by atoms with Crippen LogP contribution in [0.15, 0.2) is 60.7 Å². The van der Waals surface area contributed by atoms with Crippen molar-refractivity contribution in [3.8, 4) is 0 Å². The maximum atomic E-state index is 9.92. The number of hydroxylamine groups is 1. The number of para-hydroxylation sites is 1. The lowest BCUT2D eigenvalue weighted by Crippen LogP contribution is -2.24. The van der Waals surface area contributed by atoms with Crippen LogP contribution in [0.2, 0.25) is 0 Å². The van der Waals surface area contributed by atoms with Gasteiger partial charge in [0.05, 0.1) is 5.69 Å². The lowest BCUT2D eigenvalue weighted by atomic mass is 10.2. The minimum Gasteiger partial charge on any atom is -0.367 e. The normalized spacial score (nSPS) is 12.1. The van der Waals surface area contributed by atoms with Crippen molar-refractivity contribution in [2.24, 2.45) is 0 Å². The molecule has 82 valence electrons. The molecule has 2 N–H and O–H groups in total. The molecule has 3 nitrogen and oxygen atoms in total. The van der Waals surface area contributed by atoms with Crippen molar-refractivity contribution in [3.05, 3.63) is 66.2 Å². The highest BCUT2D eigenvalue weighted by molar-refractivity contribution is 5.44. The number of aliphatic hydroxyl groups excluding tert-OH is 1. The molecule has 0 aliphatic heterocycles. The molecule has 3 heteroatoms. The summed E-state index contributed by atoms with van der Waals surface area (Å²) < 4.78 is 0. The number of nitrogens with zero attached hydrogens (tertiary/aromatic N) is 1. The van der Waals surface area contributed by atoms with E-state index in [1.807, 2.05) is 24.3 Å². The van der Waals surface area contributed by atoms with E-state index >= 15 is 0 Å². The van der Waals surface area contributed by atoms with E-state index in [-0.39, 0.29) is 0 Å². The molecule has 0 heterocycles. The second-order valence-corrected chi connectivity index (χ2v) is 3.46. The predicted molar refractivity (Wildman–Crippen MR) is 62.1 cm³/mol. The average molecular weight is 215 g/mol. The molecule has 0 aliphatic rings. The van der Waals surface area contributed by atoms with E-state index in [0.29, 0.717) is 11.3 Å². The zero-order chi connectivity index (χ0) is 11.4. The van der Waals surface area contributed by atoms with Crippen LogP contribution in [0, 0.1) is 0 Å². The molecular formula is C13H13NO2. The van der Waals surface area contributed by atoms with Crippen molar-refractivity contribution in [2.75, 3.05) is 5.06 Å². The summed E-state index contributed by atoms with van der Waals surface area (Å²) in [5.41, 5.74) is 1.20. The van der Waals surface area contributed by atoms with Crippen LogP contribution in [-0.2, 0) is 0 Å². The summed E-state index contributed by atoms with van der Waals surface area (Å²) in [7, 11) is 0. The third-order valence-electron chi connectivity index (χ3n) is 2.35. The highest BCUT2D eigenvalue weighted by atomic mass is 16.5. The Bertz CT molecular complexity index is 387. The smallest absolute Gasteiger partial charge is 0.177 e. The number of anilines is 1. The Balaban J connectivity index is 2.20. The molecule has 0 aliphatic carbocycles. The molecule has 0 spiro atoms. The lowest BCUT2D eigenvalue weighted by molar-refractivity contribution is 0.0658. The van der Waals surface area contributed by atoms with Crippen LogP contribution in [0.1, 0.15) is 11.8 Å². The van der Waals surface area contributed by atoms with Gasteiger partial charge in [-0.25, -0.2) is 5.06 Å². The highest BCUT2D eigenvalue weighted by Gasteiger charge is 2.15. The monoisotopic (exact) mass is 215 g/mol. The van der Waals surface area contributed by atoms with Crippen molar-refractivity contribution in [2.45, 2.75) is 6.23 Å². The van der Waals surface area contributed by atoms with E-state index in [1.54, 1.807) is 36.4 Å². The fraction of sp³-hybridized carbons (Fsp3) is 0.0769. The molecule has 1 unspecified atom stereocenters. The Hall–Kier alpha value is -1.84. The summed E-state index contributed by atoms with van der Waals surface area (Å²) in [6.45, 7) is 0. The summed E-state index contributed by atoms with van der Waals surface area (Å²) in [5, 5.41) is 20.6. The lowest BCUT2D eigenvalue weighted by Gasteiger charge is -2.23. The molecule has 0 aromatic heterocycles. The fourth-order valence-corrected chi connectivity index (χ4v) is 1.49. The van der Waals surface area contributed by atoms with E-state index in [0.717, 1.165) is 5.06 Å². The zero-order valence-electron chi connectivity index (χ0n) is 8.69. The number of benzene rings is 2. The number of aliphatic hydroxyl groups is 1. The summed E-state index contributed by atoms with van der Waals surface area (Å²) in [6, 6.07) is 17.9. The van der Waals surface area contributed by atoms with Gasteiger partial charge in [0.2, 0.25) is 0 Å². The first-order valence-electron chi connectivity index (χ1n) is 5.05.